The number of hydrogen-bond donors (Lipinski definition) is 2. The van der Waals surface area contributed by atoms with E-state index in [1.54, 1.807) is 43.3 Å². The predicted octanol–water partition coefficient (Wildman–Crippen LogP) is 2.52. The van der Waals surface area contributed by atoms with Crippen LogP contribution >= 0.6 is 0 Å². The summed E-state index contributed by atoms with van der Waals surface area (Å²) in [6, 6.07) is 11.4. The molecule has 1 atom stereocenters. The van der Waals surface area contributed by atoms with E-state index in [0.717, 1.165) is 0 Å². The standard InChI is InChI=1S/C18H17FN2O3/c1-11-17(22)21-15-8-4-6-13(16(15)24-11)18(23)20-10-9-12-5-2-3-7-14(12)19/h2-8,11H,9-10H2,1H3,(H,20,23)(H,21,22). The van der Waals surface area contributed by atoms with Crippen molar-refractivity contribution in [3.05, 3.63) is 59.4 Å². The summed E-state index contributed by atoms with van der Waals surface area (Å²) in [6.07, 6.45) is -0.272. The Bertz CT molecular complexity index is 792. The highest BCUT2D eigenvalue weighted by molar-refractivity contribution is 6.03. The van der Waals surface area contributed by atoms with Crippen molar-refractivity contribution in [2.45, 2.75) is 19.4 Å². The molecule has 6 heteroatoms. The van der Waals surface area contributed by atoms with Gasteiger partial charge < -0.3 is 15.4 Å². The van der Waals surface area contributed by atoms with Gasteiger partial charge in [-0.1, -0.05) is 24.3 Å². The van der Waals surface area contributed by atoms with Gasteiger partial charge in [0.1, 0.15) is 5.82 Å². The minimum absolute atomic E-state index is 0.250. The highest BCUT2D eigenvalue weighted by Crippen LogP contribution is 2.33. The van der Waals surface area contributed by atoms with Crippen LogP contribution in [0.5, 0.6) is 5.75 Å². The van der Waals surface area contributed by atoms with Gasteiger partial charge in [-0.15, -0.1) is 0 Å². The molecule has 24 heavy (non-hydrogen) atoms. The fraction of sp³-hybridized carbons (Fsp3) is 0.222. The maximum atomic E-state index is 13.6. The molecule has 1 heterocycles. The average Bonchev–Trinajstić information content (AvgIpc) is 2.57. The highest BCUT2D eigenvalue weighted by atomic mass is 19.1. The molecule has 0 radical (unpaired) electrons. The molecule has 2 aromatic carbocycles. The van der Waals surface area contributed by atoms with Gasteiger partial charge in [-0.2, -0.15) is 0 Å². The molecule has 1 aliphatic heterocycles. The Morgan fingerprint density at radius 1 is 1.25 bits per heavy atom. The smallest absolute Gasteiger partial charge is 0.265 e. The predicted molar refractivity (Wildman–Crippen MR) is 87.6 cm³/mol. The SMILES string of the molecule is CC1Oc2c(cccc2C(=O)NCCc2ccccc2F)NC1=O. The summed E-state index contributed by atoms with van der Waals surface area (Å²) in [4.78, 5) is 24.0. The molecule has 0 saturated heterocycles. The molecule has 0 saturated carbocycles. The Morgan fingerprint density at radius 2 is 2.04 bits per heavy atom. The normalized spacial score (nSPS) is 15.9. The van der Waals surface area contributed by atoms with Gasteiger partial charge in [0, 0.05) is 6.54 Å². The zero-order valence-electron chi connectivity index (χ0n) is 13.1. The van der Waals surface area contributed by atoms with Gasteiger partial charge in [-0.25, -0.2) is 4.39 Å². The fourth-order valence-electron chi connectivity index (χ4n) is 2.51. The van der Waals surface area contributed by atoms with Crippen LogP contribution in [0.4, 0.5) is 10.1 Å². The summed E-state index contributed by atoms with van der Waals surface area (Å²) in [5.41, 5.74) is 1.36. The molecule has 124 valence electrons. The first-order valence-corrected chi connectivity index (χ1v) is 7.68. The number of nitrogens with one attached hydrogen (secondary N) is 2. The molecule has 0 aromatic heterocycles. The Hall–Kier alpha value is -2.89. The molecule has 1 aliphatic rings. The van der Waals surface area contributed by atoms with Gasteiger partial charge >= 0.3 is 0 Å². The molecule has 2 N–H and O–H groups in total. The van der Waals surface area contributed by atoms with Gasteiger partial charge in [0.25, 0.3) is 11.8 Å². The number of fused-ring (bicyclic) bond motifs is 1. The third-order valence-corrected chi connectivity index (χ3v) is 3.82. The van der Waals surface area contributed by atoms with E-state index < -0.39 is 6.10 Å². The van der Waals surface area contributed by atoms with Gasteiger partial charge in [-0.3, -0.25) is 9.59 Å². The van der Waals surface area contributed by atoms with Crippen molar-refractivity contribution >= 4 is 17.5 Å². The lowest BCUT2D eigenvalue weighted by atomic mass is 10.1. The summed E-state index contributed by atoms with van der Waals surface area (Å²) in [7, 11) is 0. The Balaban J connectivity index is 1.69. The number of benzene rings is 2. The lowest BCUT2D eigenvalue weighted by Gasteiger charge is -2.25. The van der Waals surface area contributed by atoms with Gasteiger partial charge in [0.05, 0.1) is 11.3 Å². The van der Waals surface area contributed by atoms with Gasteiger partial charge in [0.15, 0.2) is 11.9 Å². The van der Waals surface area contributed by atoms with Gasteiger partial charge in [0.2, 0.25) is 0 Å². The Morgan fingerprint density at radius 3 is 2.83 bits per heavy atom. The van der Waals surface area contributed by atoms with Crippen LogP contribution < -0.4 is 15.4 Å². The van der Waals surface area contributed by atoms with E-state index in [-0.39, 0.29) is 17.6 Å². The topological polar surface area (TPSA) is 67.4 Å². The number of halogens is 1. The summed E-state index contributed by atoms with van der Waals surface area (Å²) in [5, 5.41) is 5.45. The van der Waals surface area contributed by atoms with Crippen molar-refractivity contribution in [3.63, 3.8) is 0 Å². The van der Waals surface area contributed by atoms with E-state index in [0.29, 0.717) is 35.5 Å². The number of amides is 2. The number of para-hydroxylation sites is 1. The summed E-state index contributed by atoms with van der Waals surface area (Å²) >= 11 is 0. The first-order chi connectivity index (χ1) is 11.6. The van der Waals surface area contributed by atoms with Crippen LogP contribution in [0.15, 0.2) is 42.5 Å². The quantitative estimate of drug-likeness (QED) is 0.906. The fourth-order valence-corrected chi connectivity index (χ4v) is 2.51. The third kappa shape index (κ3) is 3.22. The lowest BCUT2D eigenvalue weighted by molar-refractivity contribution is -0.122. The largest absolute Gasteiger partial charge is 0.478 e. The van der Waals surface area contributed by atoms with Crippen molar-refractivity contribution in [2.24, 2.45) is 0 Å². The molecular formula is C18H17FN2O3. The zero-order chi connectivity index (χ0) is 17.1. The molecule has 0 bridgehead atoms. The Kier molecular flexibility index (Phi) is 4.46. The van der Waals surface area contributed by atoms with Crippen LogP contribution in [-0.4, -0.2) is 24.5 Å². The molecule has 0 spiro atoms. The number of hydrogen-bond acceptors (Lipinski definition) is 3. The molecule has 5 nitrogen and oxygen atoms in total. The van der Waals surface area contributed by atoms with Crippen molar-refractivity contribution < 1.29 is 18.7 Å². The summed E-state index contributed by atoms with van der Waals surface area (Å²) < 4.78 is 19.1. The van der Waals surface area contributed by atoms with Crippen LogP contribution in [0.3, 0.4) is 0 Å². The first kappa shape index (κ1) is 16.0. The van der Waals surface area contributed by atoms with E-state index in [1.807, 2.05) is 0 Å². The van der Waals surface area contributed by atoms with E-state index in [9.17, 15) is 14.0 Å². The molecular weight excluding hydrogens is 311 g/mol. The van der Waals surface area contributed by atoms with E-state index >= 15 is 0 Å². The van der Waals surface area contributed by atoms with E-state index in [4.69, 9.17) is 4.74 Å². The molecule has 1 unspecified atom stereocenters. The monoisotopic (exact) mass is 328 g/mol. The number of anilines is 1. The summed E-state index contributed by atoms with van der Waals surface area (Å²) in [5.74, 6) is -0.511. The van der Waals surface area contributed by atoms with Crippen molar-refractivity contribution in [1.82, 2.24) is 5.32 Å². The minimum atomic E-state index is -0.662. The Labute approximate surface area is 138 Å². The zero-order valence-corrected chi connectivity index (χ0v) is 13.1. The van der Waals surface area contributed by atoms with Crippen LogP contribution in [0.2, 0.25) is 0 Å². The number of rotatable bonds is 4. The second kappa shape index (κ2) is 6.70. The number of carbonyl (C=O) groups is 2. The van der Waals surface area contributed by atoms with E-state index in [1.165, 1.54) is 6.07 Å². The first-order valence-electron chi connectivity index (χ1n) is 7.68. The molecule has 2 amide bonds. The van der Waals surface area contributed by atoms with Crippen molar-refractivity contribution in [2.75, 3.05) is 11.9 Å². The minimum Gasteiger partial charge on any atom is -0.478 e. The molecule has 2 aromatic rings. The highest BCUT2D eigenvalue weighted by Gasteiger charge is 2.27. The molecule has 0 aliphatic carbocycles. The third-order valence-electron chi connectivity index (χ3n) is 3.82. The maximum Gasteiger partial charge on any atom is 0.265 e. The van der Waals surface area contributed by atoms with Crippen LogP contribution in [-0.2, 0) is 11.2 Å². The van der Waals surface area contributed by atoms with Crippen LogP contribution in [0.1, 0.15) is 22.8 Å². The van der Waals surface area contributed by atoms with Gasteiger partial charge in [-0.05, 0) is 37.1 Å². The lowest BCUT2D eigenvalue weighted by Crippen LogP contribution is -2.36. The van der Waals surface area contributed by atoms with E-state index in [2.05, 4.69) is 10.6 Å². The molecule has 3 rings (SSSR count). The van der Waals surface area contributed by atoms with Crippen molar-refractivity contribution in [3.8, 4) is 5.75 Å². The van der Waals surface area contributed by atoms with Crippen LogP contribution in [0, 0.1) is 5.82 Å². The average molecular weight is 328 g/mol. The van der Waals surface area contributed by atoms with Crippen molar-refractivity contribution in [1.29, 1.82) is 0 Å². The molecule has 0 fully saturated rings. The number of ether oxygens (including phenoxy) is 1. The maximum absolute atomic E-state index is 13.6. The number of carbonyl (C=O) groups excluding carboxylic acids is 2. The second-order valence-electron chi connectivity index (χ2n) is 5.53. The summed E-state index contributed by atoms with van der Waals surface area (Å²) in [6.45, 7) is 1.91. The second-order valence-corrected chi connectivity index (χ2v) is 5.53. The van der Waals surface area contributed by atoms with Crippen LogP contribution in [0.25, 0.3) is 0 Å².